The number of amides is 1. The summed E-state index contributed by atoms with van der Waals surface area (Å²) in [5.74, 6) is -0.137. The second kappa shape index (κ2) is 5.36. The van der Waals surface area contributed by atoms with Gasteiger partial charge in [0.25, 0.3) is 5.91 Å². The highest BCUT2D eigenvalue weighted by molar-refractivity contribution is 5.94. The van der Waals surface area contributed by atoms with Crippen molar-refractivity contribution in [3.05, 3.63) is 30.2 Å². The van der Waals surface area contributed by atoms with Crippen molar-refractivity contribution in [2.24, 2.45) is 5.41 Å². The molecule has 2 heterocycles. The number of pyridine rings is 1. The number of nitrogens with zero attached hydrogens (tertiary/aromatic N) is 3. The Kier molecular flexibility index (Phi) is 3.80. The summed E-state index contributed by atoms with van der Waals surface area (Å²) in [6.07, 6.45) is 3.91. The van der Waals surface area contributed by atoms with Crippen LogP contribution in [0.15, 0.2) is 24.7 Å². The van der Waals surface area contributed by atoms with Crippen molar-refractivity contribution in [3.63, 3.8) is 0 Å². The Morgan fingerprint density at radius 3 is 3.00 bits per heavy atom. The van der Waals surface area contributed by atoms with E-state index < -0.39 is 0 Å². The molecule has 0 fully saturated rings. The first-order valence-electron chi connectivity index (χ1n) is 6.20. The summed E-state index contributed by atoms with van der Waals surface area (Å²) in [6, 6.07) is 3.47. The fourth-order valence-electron chi connectivity index (χ4n) is 1.77. The van der Waals surface area contributed by atoms with Crippen LogP contribution >= 0.6 is 0 Å². The van der Waals surface area contributed by atoms with Crippen LogP contribution in [0, 0.1) is 5.41 Å². The molecule has 2 aromatic rings. The Hall–Kier alpha value is -1.95. The van der Waals surface area contributed by atoms with Crippen molar-refractivity contribution in [2.45, 2.75) is 20.3 Å². The fourth-order valence-corrected chi connectivity index (χ4v) is 1.77. The number of nitrogens with one attached hydrogen (secondary N) is 1. The number of hydrogen-bond donors (Lipinski definition) is 2. The van der Waals surface area contributed by atoms with Crippen molar-refractivity contribution < 1.29 is 9.90 Å². The summed E-state index contributed by atoms with van der Waals surface area (Å²) in [7, 11) is 0. The maximum absolute atomic E-state index is 12.0. The van der Waals surface area contributed by atoms with E-state index in [4.69, 9.17) is 5.11 Å². The molecule has 6 nitrogen and oxygen atoms in total. The zero-order valence-corrected chi connectivity index (χ0v) is 11.1. The van der Waals surface area contributed by atoms with E-state index in [-0.39, 0.29) is 17.9 Å². The summed E-state index contributed by atoms with van der Waals surface area (Å²) < 4.78 is 1.70. The van der Waals surface area contributed by atoms with Crippen molar-refractivity contribution in [1.29, 1.82) is 0 Å². The molecule has 1 amide bonds. The largest absolute Gasteiger partial charge is 0.396 e. The molecular formula is C13H18N4O2. The summed E-state index contributed by atoms with van der Waals surface area (Å²) >= 11 is 0. The van der Waals surface area contributed by atoms with Gasteiger partial charge in [-0.05, 0) is 24.0 Å². The van der Waals surface area contributed by atoms with Crippen LogP contribution in [0.5, 0.6) is 0 Å². The minimum atomic E-state index is -0.137. The lowest BCUT2D eigenvalue weighted by Gasteiger charge is -2.23. The van der Waals surface area contributed by atoms with Gasteiger partial charge in [0.1, 0.15) is 6.33 Å². The van der Waals surface area contributed by atoms with Gasteiger partial charge >= 0.3 is 0 Å². The first-order valence-corrected chi connectivity index (χ1v) is 6.20. The number of aromatic nitrogens is 3. The third-order valence-electron chi connectivity index (χ3n) is 3.07. The van der Waals surface area contributed by atoms with Crippen LogP contribution in [0.4, 0.5) is 0 Å². The standard InChI is InChI=1S/C13H18N4O2/c1-13(2,5-6-18)8-14-12(19)10-3-4-11-16-15-9-17(11)7-10/h3-4,7,9,18H,5-6,8H2,1-2H3,(H,14,19). The molecule has 19 heavy (non-hydrogen) atoms. The molecule has 0 atom stereocenters. The smallest absolute Gasteiger partial charge is 0.252 e. The van der Waals surface area contributed by atoms with Crippen LogP contribution in [0.25, 0.3) is 5.65 Å². The topological polar surface area (TPSA) is 79.5 Å². The van der Waals surface area contributed by atoms with Gasteiger partial charge in [-0.15, -0.1) is 10.2 Å². The van der Waals surface area contributed by atoms with Gasteiger partial charge < -0.3 is 10.4 Å². The summed E-state index contributed by atoms with van der Waals surface area (Å²) in [6.45, 7) is 4.65. The minimum absolute atomic E-state index is 0.120. The second-order valence-corrected chi connectivity index (χ2v) is 5.33. The first kappa shape index (κ1) is 13.5. The molecule has 0 saturated heterocycles. The van der Waals surface area contributed by atoms with Crippen molar-refractivity contribution in [3.8, 4) is 0 Å². The van der Waals surface area contributed by atoms with Crippen LogP contribution in [-0.4, -0.2) is 38.8 Å². The SMILES string of the molecule is CC(C)(CCO)CNC(=O)c1ccc2nncn2c1. The number of aliphatic hydroxyl groups excluding tert-OH is 1. The number of hydrogen-bond acceptors (Lipinski definition) is 4. The predicted molar refractivity (Wildman–Crippen MR) is 70.8 cm³/mol. The van der Waals surface area contributed by atoms with Crippen LogP contribution in [0.1, 0.15) is 30.6 Å². The van der Waals surface area contributed by atoms with Crippen LogP contribution < -0.4 is 5.32 Å². The third kappa shape index (κ3) is 3.29. The van der Waals surface area contributed by atoms with Crippen LogP contribution in [0.3, 0.4) is 0 Å². The van der Waals surface area contributed by atoms with E-state index in [1.807, 2.05) is 13.8 Å². The highest BCUT2D eigenvalue weighted by atomic mass is 16.3. The zero-order chi connectivity index (χ0) is 13.9. The van der Waals surface area contributed by atoms with E-state index in [1.54, 1.807) is 29.1 Å². The van der Waals surface area contributed by atoms with Gasteiger partial charge in [0.2, 0.25) is 0 Å². The maximum Gasteiger partial charge on any atom is 0.252 e. The zero-order valence-electron chi connectivity index (χ0n) is 11.1. The highest BCUT2D eigenvalue weighted by Gasteiger charge is 2.18. The lowest BCUT2D eigenvalue weighted by Crippen LogP contribution is -2.34. The van der Waals surface area contributed by atoms with Gasteiger partial charge in [0.15, 0.2) is 5.65 Å². The van der Waals surface area contributed by atoms with E-state index in [0.29, 0.717) is 24.2 Å². The van der Waals surface area contributed by atoms with Gasteiger partial charge in [0, 0.05) is 19.3 Å². The molecule has 0 aliphatic rings. The van der Waals surface area contributed by atoms with Gasteiger partial charge in [-0.1, -0.05) is 13.8 Å². The maximum atomic E-state index is 12.0. The predicted octanol–water partition coefficient (Wildman–Crippen LogP) is 0.868. The normalized spacial score (nSPS) is 11.7. The fraction of sp³-hybridized carbons (Fsp3) is 0.462. The van der Waals surface area contributed by atoms with Gasteiger partial charge in [-0.25, -0.2) is 0 Å². The van der Waals surface area contributed by atoms with E-state index in [9.17, 15) is 4.79 Å². The Morgan fingerprint density at radius 2 is 2.26 bits per heavy atom. The minimum Gasteiger partial charge on any atom is -0.396 e. The van der Waals surface area contributed by atoms with Gasteiger partial charge in [0.05, 0.1) is 5.56 Å². The molecule has 0 aliphatic carbocycles. The number of carbonyl (C=O) groups excluding carboxylic acids is 1. The van der Waals surface area contributed by atoms with E-state index in [0.717, 1.165) is 0 Å². The number of rotatable bonds is 5. The molecular weight excluding hydrogens is 244 g/mol. The number of fused-ring (bicyclic) bond motifs is 1. The lowest BCUT2D eigenvalue weighted by atomic mass is 9.90. The van der Waals surface area contributed by atoms with Crippen molar-refractivity contribution >= 4 is 11.6 Å². The second-order valence-electron chi connectivity index (χ2n) is 5.33. The molecule has 0 saturated carbocycles. The average molecular weight is 262 g/mol. The summed E-state index contributed by atoms with van der Waals surface area (Å²) in [5.41, 5.74) is 1.15. The number of carbonyl (C=O) groups is 1. The van der Waals surface area contributed by atoms with Crippen molar-refractivity contribution in [1.82, 2.24) is 19.9 Å². The molecule has 0 radical (unpaired) electrons. The quantitative estimate of drug-likeness (QED) is 0.838. The summed E-state index contributed by atoms with van der Waals surface area (Å²) in [5, 5.41) is 19.5. The Bertz CT molecular complexity index is 577. The Labute approximate surface area is 111 Å². The molecule has 0 unspecified atom stereocenters. The highest BCUT2D eigenvalue weighted by Crippen LogP contribution is 2.18. The Morgan fingerprint density at radius 1 is 1.47 bits per heavy atom. The molecule has 0 spiro atoms. The molecule has 0 bridgehead atoms. The monoisotopic (exact) mass is 262 g/mol. The van der Waals surface area contributed by atoms with E-state index in [2.05, 4.69) is 15.5 Å². The van der Waals surface area contributed by atoms with Gasteiger partial charge in [-0.2, -0.15) is 0 Å². The Balaban J connectivity index is 2.03. The third-order valence-corrected chi connectivity index (χ3v) is 3.07. The van der Waals surface area contributed by atoms with Gasteiger partial charge in [-0.3, -0.25) is 9.20 Å². The molecule has 6 heteroatoms. The molecule has 0 aliphatic heterocycles. The molecule has 102 valence electrons. The summed E-state index contributed by atoms with van der Waals surface area (Å²) in [4.78, 5) is 12.0. The molecule has 2 rings (SSSR count). The van der Waals surface area contributed by atoms with Crippen LogP contribution in [-0.2, 0) is 0 Å². The lowest BCUT2D eigenvalue weighted by molar-refractivity contribution is 0.0927. The van der Waals surface area contributed by atoms with Crippen molar-refractivity contribution in [2.75, 3.05) is 13.2 Å². The molecule has 2 aromatic heterocycles. The van der Waals surface area contributed by atoms with Crippen LogP contribution in [0.2, 0.25) is 0 Å². The molecule has 2 N–H and O–H groups in total. The van der Waals surface area contributed by atoms with E-state index >= 15 is 0 Å². The number of aliphatic hydroxyl groups is 1. The van der Waals surface area contributed by atoms with E-state index in [1.165, 1.54) is 0 Å². The molecule has 0 aromatic carbocycles. The first-order chi connectivity index (χ1) is 9.02. The average Bonchev–Trinajstić information content (AvgIpc) is 2.83.